The molecule has 3 N–H and O–H groups in total. The largest absolute Gasteiger partial charge is 0.271 e. The summed E-state index contributed by atoms with van der Waals surface area (Å²) in [6, 6.07) is 2.43. The first-order valence-corrected chi connectivity index (χ1v) is 8.54. The number of nitrogens with one attached hydrogen (secondary N) is 1. The van der Waals surface area contributed by atoms with Gasteiger partial charge in [-0.1, -0.05) is 0 Å². The Morgan fingerprint density at radius 3 is 3.06 bits per heavy atom. The van der Waals surface area contributed by atoms with Gasteiger partial charge >= 0.3 is 0 Å². The van der Waals surface area contributed by atoms with Crippen LogP contribution in [0, 0.1) is 0 Å². The molecule has 1 fully saturated rings. The highest BCUT2D eigenvalue weighted by atomic mass is 79.9. The van der Waals surface area contributed by atoms with Crippen molar-refractivity contribution in [2.75, 3.05) is 17.3 Å². The van der Waals surface area contributed by atoms with Gasteiger partial charge in [-0.2, -0.15) is 23.5 Å². The van der Waals surface area contributed by atoms with Gasteiger partial charge in [-0.15, -0.1) is 0 Å². The van der Waals surface area contributed by atoms with E-state index >= 15 is 0 Å². The molecule has 0 aliphatic carbocycles. The molecular formula is C11H16BrN3S2. The molecule has 2 atom stereocenters. The van der Waals surface area contributed by atoms with E-state index in [1.54, 1.807) is 6.20 Å². The van der Waals surface area contributed by atoms with E-state index < -0.39 is 0 Å². The third kappa shape index (κ3) is 4.13. The maximum atomic E-state index is 5.68. The summed E-state index contributed by atoms with van der Waals surface area (Å²) < 4.78 is 1.02. The molecule has 2 rings (SSSR count). The maximum Gasteiger partial charge on any atom is 0.0410 e. The lowest BCUT2D eigenvalue weighted by Gasteiger charge is -2.29. The van der Waals surface area contributed by atoms with Crippen molar-refractivity contribution in [1.82, 2.24) is 10.4 Å². The van der Waals surface area contributed by atoms with Crippen molar-refractivity contribution in [3.8, 4) is 0 Å². The third-order valence-electron chi connectivity index (χ3n) is 2.72. The van der Waals surface area contributed by atoms with E-state index in [9.17, 15) is 0 Å². The maximum absolute atomic E-state index is 5.68. The van der Waals surface area contributed by atoms with Gasteiger partial charge in [0.2, 0.25) is 0 Å². The van der Waals surface area contributed by atoms with Crippen molar-refractivity contribution >= 4 is 39.5 Å². The van der Waals surface area contributed by atoms with Crippen LogP contribution < -0.4 is 11.3 Å². The zero-order chi connectivity index (χ0) is 12.1. The Morgan fingerprint density at radius 1 is 1.53 bits per heavy atom. The second-order valence-corrected chi connectivity index (χ2v) is 7.39. The number of nitrogens with zero attached hydrogens (tertiary/aromatic N) is 1. The first-order valence-electron chi connectivity index (χ1n) is 5.54. The van der Waals surface area contributed by atoms with Crippen molar-refractivity contribution in [2.45, 2.75) is 17.7 Å². The molecule has 1 aromatic heterocycles. The molecule has 1 aliphatic rings. The van der Waals surface area contributed by atoms with Crippen LogP contribution in [0.4, 0.5) is 0 Å². The Morgan fingerprint density at radius 2 is 2.41 bits per heavy atom. The number of thioether (sulfide) groups is 2. The smallest absolute Gasteiger partial charge is 0.0410 e. The molecule has 0 amide bonds. The van der Waals surface area contributed by atoms with Crippen LogP contribution in [0.2, 0.25) is 0 Å². The summed E-state index contributed by atoms with van der Waals surface area (Å²) in [7, 11) is 0. The Hall–Kier alpha value is 0.250. The second-order valence-electron chi connectivity index (χ2n) is 3.97. The number of pyridine rings is 1. The van der Waals surface area contributed by atoms with Gasteiger partial charge in [-0.25, -0.2) is 0 Å². The van der Waals surface area contributed by atoms with Crippen molar-refractivity contribution < 1.29 is 0 Å². The number of nitrogens with two attached hydrogens (primary N) is 1. The highest BCUT2D eigenvalue weighted by Crippen LogP contribution is 2.27. The van der Waals surface area contributed by atoms with E-state index in [0.29, 0.717) is 11.3 Å². The number of rotatable bonds is 4. The molecule has 1 aromatic rings. The Bertz CT molecular complexity index is 358. The molecule has 0 spiro atoms. The first kappa shape index (κ1) is 13.7. The summed E-state index contributed by atoms with van der Waals surface area (Å²) in [4.78, 5) is 4.19. The fourth-order valence-corrected chi connectivity index (χ4v) is 5.14. The van der Waals surface area contributed by atoms with E-state index in [2.05, 4.69) is 32.4 Å². The van der Waals surface area contributed by atoms with Gasteiger partial charge in [0.15, 0.2) is 0 Å². The van der Waals surface area contributed by atoms with Crippen LogP contribution in [0.5, 0.6) is 0 Å². The minimum Gasteiger partial charge on any atom is -0.271 e. The van der Waals surface area contributed by atoms with Gasteiger partial charge in [0.1, 0.15) is 0 Å². The molecular weight excluding hydrogens is 318 g/mol. The molecule has 0 aromatic carbocycles. The number of hydrogen-bond acceptors (Lipinski definition) is 5. The molecule has 94 valence electrons. The quantitative estimate of drug-likeness (QED) is 0.652. The topological polar surface area (TPSA) is 50.9 Å². The van der Waals surface area contributed by atoms with Gasteiger partial charge in [-0.3, -0.25) is 16.3 Å². The summed E-state index contributed by atoms with van der Waals surface area (Å²) in [5, 5.41) is 0.595. The predicted molar refractivity (Wildman–Crippen MR) is 80.3 cm³/mol. The van der Waals surface area contributed by atoms with E-state index in [0.717, 1.165) is 10.9 Å². The van der Waals surface area contributed by atoms with Gasteiger partial charge in [0, 0.05) is 45.4 Å². The molecule has 1 aliphatic heterocycles. The van der Waals surface area contributed by atoms with Crippen molar-refractivity contribution in [1.29, 1.82) is 0 Å². The van der Waals surface area contributed by atoms with Crippen LogP contribution in [-0.4, -0.2) is 33.5 Å². The zero-order valence-corrected chi connectivity index (χ0v) is 12.7. The van der Waals surface area contributed by atoms with Crippen LogP contribution in [0.3, 0.4) is 0 Å². The molecule has 17 heavy (non-hydrogen) atoms. The monoisotopic (exact) mass is 333 g/mol. The van der Waals surface area contributed by atoms with E-state index in [1.807, 2.05) is 29.7 Å². The SMILES string of the molecule is NNC(Cc1cncc(Br)c1)C1CSCCS1. The standard InChI is InChI=1S/C11H16BrN3S2/c12-9-3-8(5-14-6-9)4-10(15-13)11-7-16-1-2-17-11/h3,5-6,10-11,15H,1-2,4,7,13H2. The number of hydrazine groups is 1. The average Bonchev–Trinajstić information content (AvgIpc) is 2.37. The van der Waals surface area contributed by atoms with Gasteiger partial charge in [0.25, 0.3) is 0 Å². The summed E-state index contributed by atoms with van der Waals surface area (Å²) in [5.41, 5.74) is 4.18. The third-order valence-corrected chi connectivity index (χ3v) is 6.08. The average molecular weight is 334 g/mol. The van der Waals surface area contributed by atoms with Crippen LogP contribution in [0.25, 0.3) is 0 Å². The number of hydrogen-bond donors (Lipinski definition) is 2. The number of halogens is 1. The second kappa shape index (κ2) is 6.99. The predicted octanol–water partition coefficient (Wildman–Crippen LogP) is 2.07. The molecule has 1 saturated heterocycles. The summed E-state index contributed by atoms with van der Waals surface area (Å²) in [5.74, 6) is 9.35. The van der Waals surface area contributed by atoms with Crippen molar-refractivity contribution in [3.63, 3.8) is 0 Å². The fourth-order valence-electron chi connectivity index (χ4n) is 1.86. The number of aromatic nitrogens is 1. The Labute approximate surface area is 119 Å². The molecule has 6 heteroatoms. The highest BCUT2D eigenvalue weighted by Gasteiger charge is 2.23. The molecule has 2 unspecified atom stereocenters. The van der Waals surface area contributed by atoms with E-state index in [-0.39, 0.29) is 0 Å². The van der Waals surface area contributed by atoms with E-state index in [4.69, 9.17) is 5.84 Å². The first-order chi connectivity index (χ1) is 8.29. The molecule has 0 bridgehead atoms. The molecule has 0 saturated carbocycles. The fraction of sp³-hybridized carbons (Fsp3) is 0.545. The van der Waals surface area contributed by atoms with Crippen LogP contribution in [0.1, 0.15) is 5.56 Å². The lowest BCUT2D eigenvalue weighted by atomic mass is 10.1. The Kier molecular flexibility index (Phi) is 5.62. The minimum atomic E-state index is 0.323. The molecule has 3 nitrogen and oxygen atoms in total. The van der Waals surface area contributed by atoms with Crippen molar-refractivity contribution in [2.24, 2.45) is 5.84 Å². The summed E-state index contributed by atoms with van der Waals surface area (Å²) in [6.45, 7) is 0. The Balaban J connectivity index is 1.98. The molecule has 0 radical (unpaired) electrons. The normalized spacial score (nSPS) is 22.4. The van der Waals surface area contributed by atoms with Gasteiger partial charge in [-0.05, 0) is 34.0 Å². The van der Waals surface area contributed by atoms with Gasteiger partial charge in [0.05, 0.1) is 0 Å². The van der Waals surface area contributed by atoms with Crippen molar-refractivity contribution in [3.05, 3.63) is 28.5 Å². The van der Waals surface area contributed by atoms with Crippen LogP contribution in [0.15, 0.2) is 22.9 Å². The van der Waals surface area contributed by atoms with Crippen LogP contribution >= 0.6 is 39.5 Å². The summed E-state index contributed by atoms with van der Waals surface area (Å²) in [6.07, 6.45) is 4.65. The lowest BCUT2D eigenvalue weighted by Crippen LogP contribution is -2.46. The minimum absolute atomic E-state index is 0.323. The van der Waals surface area contributed by atoms with Gasteiger partial charge < -0.3 is 0 Å². The lowest BCUT2D eigenvalue weighted by molar-refractivity contribution is 0.523. The summed E-state index contributed by atoms with van der Waals surface area (Å²) >= 11 is 7.49. The molecule has 2 heterocycles. The zero-order valence-electron chi connectivity index (χ0n) is 9.43. The van der Waals surface area contributed by atoms with E-state index in [1.165, 1.54) is 22.8 Å². The van der Waals surface area contributed by atoms with Crippen LogP contribution in [-0.2, 0) is 6.42 Å². The highest BCUT2D eigenvalue weighted by molar-refractivity contribution is 9.10.